The van der Waals surface area contributed by atoms with Crippen molar-refractivity contribution in [3.05, 3.63) is 0 Å². The van der Waals surface area contributed by atoms with Crippen LogP contribution in [0.3, 0.4) is 0 Å². The summed E-state index contributed by atoms with van der Waals surface area (Å²) in [4.78, 5) is 3.46. The summed E-state index contributed by atoms with van der Waals surface area (Å²) < 4.78 is 0. The molecule has 1 fully saturated rings. The average molecular weight is 175 g/mol. The van der Waals surface area contributed by atoms with Gasteiger partial charge in [-0.15, -0.1) is 0 Å². The summed E-state index contributed by atoms with van der Waals surface area (Å²) in [7, 11) is 0. The third-order valence-corrected chi connectivity index (χ3v) is 3.16. The Balaban J connectivity index is 2.31. The van der Waals surface area contributed by atoms with Crippen molar-refractivity contribution >= 4 is 29.0 Å². The molecule has 0 atom stereocenters. The van der Waals surface area contributed by atoms with Crippen LogP contribution < -0.4 is 0 Å². The Morgan fingerprint density at radius 1 is 1.50 bits per heavy atom. The molecule has 0 spiro atoms. The minimum Gasteiger partial charge on any atom is -0.365 e. The second-order valence-electron chi connectivity index (χ2n) is 2.35. The molecule has 0 unspecified atom stereocenters. The first-order chi connectivity index (χ1) is 4.84. The first-order valence-corrected chi connectivity index (χ1v) is 5.26. The molecule has 0 aromatic rings. The van der Waals surface area contributed by atoms with Gasteiger partial charge in [0, 0.05) is 24.6 Å². The summed E-state index contributed by atoms with van der Waals surface area (Å²) in [5.74, 6) is 2.50. The van der Waals surface area contributed by atoms with Gasteiger partial charge in [0.15, 0.2) is 0 Å². The Kier molecular flexibility index (Phi) is 3.49. The van der Waals surface area contributed by atoms with Crippen molar-refractivity contribution < 1.29 is 0 Å². The Hall–Kier alpha value is 0.240. The van der Waals surface area contributed by atoms with Crippen molar-refractivity contribution in [3.63, 3.8) is 0 Å². The maximum absolute atomic E-state index is 5.19. The first-order valence-electron chi connectivity index (χ1n) is 3.70. The molecular weight excluding hydrogens is 162 g/mol. The summed E-state index contributed by atoms with van der Waals surface area (Å²) in [6, 6.07) is 0. The molecule has 1 rings (SSSR count). The summed E-state index contributed by atoms with van der Waals surface area (Å²) in [6.07, 6.45) is 1.03. The largest absolute Gasteiger partial charge is 0.365 e. The van der Waals surface area contributed by atoms with Gasteiger partial charge in [-0.25, -0.2) is 0 Å². The van der Waals surface area contributed by atoms with E-state index < -0.39 is 0 Å². The van der Waals surface area contributed by atoms with E-state index in [1.165, 1.54) is 11.5 Å². The van der Waals surface area contributed by atoms with Gasteiger partial charge >= 0.3 is 0 Å². The lowest BCUT2D eigenvalue weighted by Crippen LogP contribution is -2.36. The summed E-state index contributed by atoms with van der Waals surface area (Å²) in [5.41, 5.74) is 0. The molecule has 3 heteroatoms. The predicted octanol–water partition coefficient (Wildman–Crippen LogP) is 1.77. The third kappa shape index (κ3) is 2.13. The van der Waals surface area contributed by atoms with E-state index in [-0.39, 0.29) is 0 Å². The number of nitrogens with zero attached hydrogens (tertiary/aromatic N) is 1. The average Bonchev–Trinajstić information content (AvgIpc) is 2.05. The van der Waals surface area contributed by atoms with Crippen molar-refractivity contribution in [1.29, 1.82) is 0 Å². The molecule has 0 aliphatic carbocycles. The SMILES string of the molecule is CCC(=S)N1CCSCC1. The fraction of sp³-hybridized carbons (Fsp3) is 0.857. The minimum atomic E-state index is 1.03. The maximum atomic E-state index is 5.19. The van der Waals surface area contributed by atoms with Crippen LogP contribution in [0.25, 0.3) is 0 Å². The van der Waals surface area contributed by atoms with Crippen LogP contribution in [0.5, 0.6) is 0 Å². The highest BCUT2D eigenvalue weighted by molar-refractivity contribution is 7.99. The maximum Gasteiger partial charge on any atom is 0.0777 e. The lowest BCUT2D eigenvalue weighted by atomic mass is 10.4. The number of hydrogen-bond donors (Lipinski definition) is 0. The van der Waals surface area contributed by atoms with Crippen LogP contribution in [0.1, 0.15) is 13.3 Å². The van der Waals surface area contributed by atoms with E-state index in [9.17, 15) is 0 Å². The van der Waals surface area contributed by atoms with Crippen molar-refractivity contribution in [2.45, 2.75) is 13.3 Å². The topological polar surface area (TPSA) is 3.24 Å². The van der Waals surface area contributed by atoms with Crippen molar-refractivity contribution in [2.75, 3.05) is 24.6 Å². The lowest BCUT2D eigenvalue weighted by Gasteiger charge is -2.28. The lowest BCUT2D eigenvalue weighted by molar-refractivity contribution is 0.463. The quantitative estimate of drug-likeness (QED) is 0.559. The zero-order valence-electron chi connectivity index (χ0n) is 6.30. The molecule has 0 aromatic heterocycles. The second-order valence-corrected chi connectivity index (χ2v) is 4.04. The van der Waals surface area contributed by atoms with Crippen LogP contribution >= 0.6 is 24.0 Å². The fourth-order valence-corrected chi connectivity index (χ4v) is 2.12. The van der Waals surface area contributed by atoms with Crippen molar-refractivity contribution in [1.82, 2.24) is 4.90 Å². The van der Waals surface area contributed by atoms with Crippen LogP contribution in [-0.4, -0.2) is 34.5 Å². The molecule has 58 valence electrons. The summed E-state index contributed by atoms with van der Waals surface area (Å²) in [6.45, 7) is 4.46. The highest BCUT2D eigenvalue weighted by atomic mass is 32.2. The van der Waals surface area contributed by atoms with Gasteiger partial charge in [-0.3, -0.25) is 0 Å². The van der Waals surface area contributed by atoms with Gasteiger partial charge in [0.25, 0.3) is 0 Å². The molecule has 1 nitrogen and oxygen atoms in total. The first kappa shape index (κ1) is 8.34. The number of hydrogen-bond acceptors (Lipinski definition) is 2. The Morgan fingerprint density at radius 3 is 2.60 bits per heavy atom. The fourth-order valence-electron chi connectivity index (χ4n) is 1.04. The molecular formula is C7H13NS2. The third-order valence-electron chi connectivity index (χ3n) is 1.67. The highest BCUT2D eigenvalue weighted by Crippen LogP contribution is 2.10. The molecule has 1 saturated heterocycles. The zero-order chi connectivity index (χ0) is 7.40. The Bertz CT molecular complexity index is 119. The van der Waals surface area contributed by atoms with E-state index in [4.69, 9.17) is 12.2 Å². The van der Waals surface area contributed by atoms with Crippen LogP contribution in [0, 0.1) is 0 Å². The predicted molar refractivity (Wildman–Crippen MR) is 51.8 cm³/mol. The van der Waals surface area contributed by atoms with Crippen LogP contribution in [-0.2, 0) is 0 Å². The van der Waals surface area contributed by atoms with Crippen LogP contribution in [0.4, 0.5) is 0 Å². The van der Waals surface area contributed by atoms with E-state index in [2.05, 4.69) is 11.8 Å². The van der Waals surface area contributed by atoms with Crippen LogP contribution in [0.15, 0.2) is 0 Å². The monoisotopic (exact) mass is 175 g/mol. The molecule has 1 aliphatic rings. The molecule has 0 amide bonds. The molecule has 0 saturated carbocycles. The van der Waals surface area contributed by atoms with Gasteiger partial charge in [-0.05, 0) is 6.42 Å². The standard InChI is InChI=1S/C7H13NS2/c1-2-7(9)8-3-5-10-6-4-8/h2-6H2,1H3. The smallest absolute Gasteiger partial charge is 0.0777 e. The Labute approximate surface area is 72.2 Å². The molecule has 0 radical (unpaired) electrons. The second kappa shape index (κ2) is 4.19. The van der Waals surface area contributed by atoms with E-state index in [0.717, 1.165) is 24.5 Å². The Morgan fingerprint density at radius 2 is 2.10 bits per heavy atom. The van der Waals surface area contributed by atoms with Crippen LogP contribution in [0.2, 0.25) is 0 Å². The number of thiocarbonyl (C=S) groups is 1. The minimum absolute atomic E-state index is 1.03. The number of rotatable bonds is 1. The van der Waals surface area contributed by atoms with E-state index in [1.54, 1.807) is 0 Å². The molecule has 10 heavy (non-hydrogen) atoms. The molecule has 1 heterocycles. The highest BCUT2D eigenvalue weighted by Gasteiger charge is 2.10. The molecule has 0 bridgehead atoms. The van der Waals surface area contributed by atoms with Gasteiger partial charge in [0.2, 0.25) is 0 Å². The molecule has 0 N–H and O–H groups in total. The van der Waals surface area contributed by atoms with Crippen molar-refractivity contribution in [2.24, 2.45) is 0 Å². The van der Waals surface area contributed by atoms with Gasteiger partial charge in [0.05, 0.1) is 4.99 Å². The molecule has 1 aliphatic heterocycles. The summed E-state index contributed by atoms with van der Waals surface area (Å²) in [5, 5.41) is 0. The van der Waals surface area contributed by atoms with Gasteiger partial charge < -0.3 is 4.90 Å². The van der Waals surface area contributed by atoms with E-state index in [0.29, 0.717) is 0 Å². The zero-order valence-corrected chi connectivity index (χ0v) is 7.93. The summed E-state index contributed by atoms with van der Waals surface area (Å²) >= 11 is 7.22. The van der Waals surface area contributed by atoms with E-state index in [1.807, 2.05) is 11.8 Å². The van der Waals surface area contributed by atoms with Gasteiger partial charge in [-0.1, -0.05) is 19.1 Å². The van der Waals surface area contributed by atoms with Crippen molar-refractivity contribution in [3.8, 4) is 0 Å². The molecule has 0 aromatic carbocycles. The normalized spacial score (nSPS) is 19.1. The number of thioether (sulfide) groups is 1. The van der Waals surface area contributed by atoms with E-state index >= 15 is 0 Å². The van der Waals surface area contributed by atoms with Gasteiger partial charge in [0.1, 0.15) is 0 Å². The van der Waals surface area contributed by atoms with Gasteiger partial charge in [-0.2, -0.15) is 11.8 Å².